The fourth-order valence-electron chi connectivity index (χ4n) is 0.986. The summed E-state index contributed by atoms with van der Waals surface area (Å²) >= 11 is 2.13. The zero-order chi connectivity index (χ0) is 8.97. The van der Waals surface area contributed by atoms with Crippen LogP contribution in [-0.2, 0) is 20.0 Å². The van der Waals surface area contributed by atoms with Crippen LogP contribution in [0.4, 0.5) is 0 Å². The van der Waals surface area contributed by atoms with E-state index < -0.39 is 0 Å². The monoisotopic (exact) mass is 192 g/mol. The first-order valence-corrected chi connectivity index (χ1v) is 4.86. The molecule has 1 aromatic rings. The van der Waals surface area contributed by atoms with Gasteiger partial charge in [-0.2, -0.15) is 0 Å². The number of benzene rings is 1. The average Bonchev–Trinajstić information content (AvgIpc) is 2.17. The zero-order valence-corrected chi connectivity index (χ0v) is 8.86. The van der Waals surface area contributed by atoms with Crippen LogP contribution in [-0.4, -0.2) is 3.81 Å². The van der Waals surface area contributed by atoms with E-state index in [-0.39, 0.29) is 0 Å². The van der Waals surface area contributed by atoms with Crippen molar-refractivity contribution in [2.24, 2.45) is 0 Å². The van der Waals surface area contributed by atoms with Crippen LogP contribution in [0.25, 0.3) is 0 Å². The molecule has 0 amide bonds. The molecule has 0 aliphatic rings. The van der Waals surface area contributed by atoms with Crippen molar-refractivity contribution >= 4 is 3.81 Å². The van der Waals surface area contributed by atoms with Gasteiger partial charge in [-0.25, -0.2) is 0 Å². The summed E-state index contributed by atoms with van der Waals surface area (Å²) < 4.78 is 1.30. The van der Waals surface area contributed by atoms with E-state index in [1.807, 2.05) is 6.07 Å². The maximum absolute atomic E-state index is 4.01. The fraction of sp³-hybridized carbons (Fsp3) is 0.182. The van der Waals surface area contributed by atoms with E-state index in [4.69, 9.17) is 0 Å². The van der Waals surface area contributed by atoms with Crippen LogP contribution < -0.4 is 0 Å². The third-order valence-corrected chi connectivity index (χ3v) is 2.85. The molecule has 0 heterocycles. The van der Waals surface area contributed by atoms with Crippen LogP contribution in [0.3, 0.4) is 0 Å². The van der Waals surface area contributed by atoms with Crippen LogP contribution in [0.2, 0.25) is 0 Å². The Bertz CT molecular complexity index is 285. The van der Waals surface area contributed by atoms with Gasteiger partial charge in [-0.15, -0.1) is 0 Å². The second-order valence-electron chi connectivity index (χ2n) is 2.70. The van der Waals surface area contributed by atoms with Gasteiger partial charge in [-0.05, 0) is 0 Å². The van der Waals surface area contributed by atoms with E-state index in [0.717, 1.165) is 6.42 Å². The molecule has 0 spiro atoms. The summed E-state index contributed by atoms with van der Waals surface area (Å²) in [6.07, 6.45) is 1.03. The van der Waals surface area contributed by atoms with Crippen LogP contribution in [0.1, 0.15) is 18.9 Å². The van der Waals surface area contributed by atoms with Crippen molar-refractivity contribution in [3.05, 3.63) is 48.0 Å². The number of hydrogen-bond acceptors (Lipinski definition) is 0. The third kappa shape index (κ3) is 2.26. The van der Waals surface area contributed by atoms with Gasteiger partial charge in [0.2, 0.25) is 0 Å². The van der Waals surface area contributed by atoms with Gasteiger partial charge >= 0.3 is 85.2 Å². The van der Waals surface area contributed by atoms with Crippen molar-refractivity contribution in [3.8, 4) is 0 Å². The number of rotatable bonds is 3. The molecule has 12 heavy (non-hydrogen) atoms. The number of hydrogen-bond donors (Lipinski definition) is 0. The van der Waals surface area contributed by atoms with Gasteiger partial charge in [0.05, 0.1) is 0 Å². The van der Waals surface area contributed by atoms with Crippen LogP contribution in [0.15, 0.2) is 42.5 Å². The van der Waals surface area contributed by atoms with Crippen LogP contribution in [0, 0.1) is 0 Å². The van der Waals surface area contributed by atoms with Crippen molar-refractivity contribution in [2.45, 2.75) is 13.3 Å². The molecule has 0 fully saturated rings. The molecule has 0 aliphatic heterocycles. The predicted molar refractivity (Wildman–Crippen MR) is 50.0 cm³/mol. The molecule has 0 nitrogen and oxygen atoms in total. The molecule has 0 bridgehead atoms. The van der Waals surface area contributed by atoms with Gasteiger partial charge in [-0.3, -0.25) is 0 Å². The molecule has 1 rings (SSSR count). The Hall–Kier alpha value is -0.456. The first kappa shape index (κ1) is 9.63. The molecule has 0 aromatic heterocycles. The van der Waals surface area contributed by atoms with E-state index in [9.17, 15) is 0 Å². The molecule has 0 unspecified atom stereocenters. The summed E-state index contributed by atoms with van der Waals surface area (Å²) in [4.78, 5) is 0. The molecule has 0 radical (unpaired) electrons. The molecule has 58 valence electrons. The molecule has 0 saturated carbocycles. The Labute approximate surface area is 85.2 Å². The minimum atomic E-state index is 1.03. The topological polar surface area (TPSA) is 0 Å². The Morgan fingerprint density at radius 3 is 2.42 bits per heavy atom. The van der Waals surface area contributed by atoms with Crippen LogP contribution >= 0.6 is 0 Å². The zero-order valence-electron chi connectivity index (χ0n) is 7.30. The molecule has 1 heteroatoms. The predicted octanol–water partition coefficient (Wildman–Crippen LogP) is 2.72. The second kappa shape index (κ2) is 4.54. The van der Waals surface area contributed by atoms with Gasteiger partial charge in [0.1, 0.15) is 0 Å². The van der Waals surface area contributed by atoms with Crippen molar-refractivity contribution in [2.75, 3.05) is 0 Å². The number of allylic oxidation sites excluding steroid dienone is 1. The Morgan fingerprint density at radius 2 is 1.92 bits per heavy atom. The summed E-state index contributed by atoms with van der Waals surface area (Å²) in [6, 6.07) is 10.4. The molecular formula is C11H12Ti+2. The summed E-state index contributed by atoms with van der Waals surface area (Å²) in [5.74, 6) is 0. The first-order valence-electron chi connectivity index (χ1n) is 4.07. The van der Waals surface area contributed by atoms with Gasteiger partial charge < -0.3 is 0 Å². The fourth-order valence-corrected chi connectivity index (χ4v) is 1.52. The van der Waals surface area contributed by atoms with E-state index >= 15 is 0 Å². The quantitative estimate of drug-likeness (QED) is 0.646. The Kier molecular flexibility index (Phi) is 3.64. The van der Waals surface area contributed by atoms with Crippen molar-refractivity contribution in [3.63, 3.8) is 0 Å². The Balaban J connectivity index is 2.86. The molecule has 1 aromatic carbocycles. The summed E-state index contributed by atoms with van der Waals surface area (Å²) in [6.45, 7) is 6.15. The maximum atomic E-state index is 4.01. The van der Waals surface area contributed by atoms with E-state index in [2.05, 4.69) is 57.7 Å². The average molecular weight is 192 g/mol. The summed E-state index contributed by atoms with van der Waals surface area (Å²) in [5.41, 5.74) is 2.51. The van der Waals surface area contributed by atoms with Crippen molar-refractivity contribution < 1.29 is 20.0 Å². The van der Waals surface area contributed by atoms with E-state index in [0.29, 0.717) is 0 Å². The second-order valence-corrected chi connectivity index (χ2v) is 3.48. The van der Waals surface area contributed by atoms with E-state index in [1.165, 1.54) is 14.9 Å². The van der Waals surface area contributed by atoms with Crippen LogP contribution in [0.5, 0.6) is 0 Å². The van der Waals surface area contributed by atoms with Crippen molar-refractivity contribution in [1.29, 1.82) is 0 Å². The van der Waals surface area contributed by atoms with Gasteiger partial charge in [0.25, 0.3) is 0 Å². The summed E-state index contributed by atoms with van der Waals surface area (Å²) in [7, 11) is 0. The van der Waals surface area contributed by atoms with Gasteiger partial charge in [0.15, 0.2) is 0 Å². The standard InChI is InChI=1S/C11H12.Ti/c1-3-10(2)9-11-7-5-4-6-8-11;/h4-8H,2-3H2,1H3;/q;+2. The SMILES string of the molecule is C=C(CC)[C](=[Ti+2])c1ccccc1. The first-order chi connectivity index (χ1) is 5.75. The third-order valence-electron chi connectivity index (χ3n) is 1.84. The molecule has 0 N–H and O–H groups in total. The summed E-state index contributed by atoms with van der Waals surface area (Å²) in [5, 5.41) is 0. The molecule has 0 saturated heterocycles. The van der Waals surface area contributed by atoms with Gasteiger partial charge in [0, 0.05) is 0 Å². The molecular weight excluding hydrogens is 180 g/mol. The molecule has 0 aliphatic carbocycles. The molecule has 0 atom stereocenters. The Morgan fingerprint density at radius 1 is 1.33 bits per heavy atom. The van der Waals surface area contributed by atoms with Crippen molar-refractivity contribution in [1.82, 2.24) is 0 Å². The van der Waals surface area contributed by atoms with E-state index in [1.54, 1.807) is 0 Å². The minimum absolute atomic E-state index is 1.03. The normalized spacial score (nSPS) is 9.58. The van der Waals surface area contributed by atoms with Gasteiger partial charge in [-0.1, -0.05) is 0 Å².